The first-order chi connectivity index (χ1) is 24.7. The van der Waals surface area contributed by atoms with Gasteiger partial charge in [-0.25, -0.2) is 9.80 Å². The summed E-state index contributed by atoms with van der Waals surface area (Å²) in [5.74, 6) is -5.56. The summed E-state index contributed by atoms with van der Waals surface area (Å²) in [7, 11) is 0. The minimum atomic E-state index is -0.852. The Bertz CT molecular complexity index is 2150. The van der Waals surface area contributed by atoms with Crippen molar-refractivity contribution in [1.29, 1.82) is 0 Å². The number of nitrogens with zero attached hydrogens (tertiary/aromatic N) is 3. The molecule has 0 saturated carbocycles. The van der Waals surface area contributed by atoms with Crippen LogP contribution >= 0.6 is 0 Å². The highest BCUT2D eigenvalue weighted by Crippen LogP contribution is 2.61. The molecule has 4 aliphatic rings. The summed E-state index contributed by atoms with van der Waals surface area (Å²) in [6.45, 7) is -0.689. The molecule has 5 aromatic rings. The normalized spacial score (nSPS) is 19.5. The Labute approximate surface area is 290 Å². The Morgan fingerprint density at radius 2 is 1.10 bits per heavy atom. The maximum atomic E-state index is 14.5. The lowest BCUT2D eigenvalue weighted by Crippen LogP contribution is -2.52. The summed E-state index contributed by atoms with van der Waals surface area (Å²) in [6.07, 6.45) is 0. The molecule has 2 bridgehead atoms. The highest BCUT2D eigenvalue weighted by molar-refractivity contribution is 6.11. The Hall–Kier alpha value is -6.75. The number of rotatable bonds is 8. The number of esters is 1. The lowest BCUT2D eigenvalue weighted by Gasteiger charge is -2.45. The van der Waals surface area contributed by atoms with Crippen LogP contribution in [0.15, 0.2) is 127 Å². The fraction of sp³-hybridized carbons (Fsp3) is 0.125. The van der Waals surface area contributed by atoms with Crippen molar-refractivity contribution in [1.82, 2.24) is 10.0 Å². The van der Waals surface area contributed by atoms with E-state index in [4.69, 9.17) is 4.74 Å². The standard InChI is InChI=1S/C40H27N3O8/c44-32(23-16-20-27(21-17-23)51-40(48)25-8-2-1-3-9-25)22-41(37(45)24-14-18-26(19-15-24)43(49)50)42-38(46)35-33-28-10-4-5-11-29(28)34(36(35)39(42)47)31-13-7-6-12-30(31)33/h1-21,33-36H,22H2/t33?,34?,35-,36+. The number of ketones is 1. The first-order valence-electron chi connectivity index (χ1n) is 16.2. The number of carbonyl (C=O) groups excluding carboxylic acids is 5. The van der Waals surface area contributed by atoms with E-state index < -0.39 is 64.6 Å². The summed E-state index contributed by atoms with van der Waals surface area (Å²) >= 11 is 0. The number of hydrazine groups is 1. The van der Waals surface area contributed by atoms with Gasteiger partial charge in [-0.3, -0.25) is 29.3 Å². The average molecular weight is 678 g/mol. The van der Waals surface area contributed by atoms with Crippen LogP contribution in [0.4, 0.5) is 5.69 Å². The number of amides is 3. The topological polar surface area (TPSA) is 144 Å². The number of hydrogen-bond donors (Lipinski definition) is 0. The van der Waals surface area contributed by atoms with Crippen molar-refractivity contribution in [3.63, 3.8) is 0 Å². The van der Waals surface area contributed by atoms with Crippen LogP contribution in [-0.2, 0) is 9.59 Å². The molecule has 0 N–H and O–H groups in total. The number of carbonyl (C=O) groups is 5. The summed E-state index contributed by atoms with van der Waals surface area (Å²) < 4.78 is 5.42. The van der Waals surface area contributed by atoms with Crippen LogP contribution in [0.5, 0.6) is 5.75 Å². The predicted octanol–water partition coefficient (Wildman–Crippen LogP) is 5.95. The van der Waals surface area contributed by atoms with Crippen LogP contribution < -0.4 is 4.74 Å². The van der Waals surface area contributed by atoms with Gasteiger partial charge in [-0.2, -0.15) is 5.01 Å². The number of imide groups is 1. The fourth-order valence-corrected chi connectivity index (χ4v) is 7.68. The van der Waals surface area contributed by atoms with Crippen molar-refractivity contribution in [2.75, 3.05) is 6.54 Å². The number of nitro groups is 1. The van der Waals surface area contributed by atoms with E-state index in [0.717, 1.165) is 44.4 Å². The Morgan fingerprint density at radius 1 is 0.627 bits per heavy atom. The quantitative estimate of drug-likeness (QED) is 0.0490. The van der Waals surface area contributed by atoms with E-state index in [1.165, 1.54) is 36.4 Å². The maximum absolute atomic E-state index is 14.5. The second kappa shape index (κ2) is 12.3. The molecule has 0 radical (unpaired) electrons. The molecule has 1 heterocycles. The third-order valence-electron chi connectivity index (χ3n) is 9.92. The van der Waals surface area contributed by atoms with Gasteiger partial charge in [0.05, 0.1) is 22.3 Å². The molecule has 1 saturated heterocycles. The molecule has 51 heavy (non-hydrogen) atoms. The SMILES string of the molecule is O=C(CN(C(=O)c1ccc([N+](=O)[O-])cc1)N1C(=O)[C@@H]2C3c4ccccc4C(c4ccccc43)[C@@H]2C1=O)c1ccc(OC(=O)c2ccccc2)cc1. The molecule has 0 unspecified atom stereocenters. The van der Waals surface area contributed by atoms with Gasteiger partial charge in [-0.15, -0.1) is 0 Å². The second-order valence-corrected chi connectivity index (χ2v) is 12.6. The zero-order valence-corrected chi connectivity index (χ0v) is 26.7. The van der Waals surface area contributed by atoms with Gasteiger partial charge in [-0.05, 0) is 70.8 Å². The molecule has 0 aromatic heterocycles. The number of Topliss-reactive ketones (excluding diaryl/α,β-unsaturated/α-hetero) is 1. The molecule has 1 fully saturated rings. The van der Waals surface area contributed by atoms with Gasteiger partial charge in [0.25, 0.3) is 23.4 Å². The molecule has 5 aromatic carbocycles. The van der Waals surface area contributed by atoms with Crippen LogP contribution in [0.25, 0.3) is 0 Å². The van der Waals surface area contributed by atoms with E-state index in [1.807, 2.05) is 48.5 Å². The summed E-state index contributed by atoms with van der Waals surface area (Å²) in [5.41, 5.74) is 3.96. The van der Waals surface area contributed by atoms with E-state index in [0.29, 0.717) is 5.56 Å². The van der Waals surface area contributed by atoms with Gasteiger partial charge >= 0.3 is 5.97 Å². The monoisotopic (exact) mass is 677 g/mol. The first kappa shape index (κ1) is 31.5. The Morgan fingerprint density at radius 3 is 1.59 bits per heavy atom. The highest BCUT2D eigenvalue weighted by atomic mass is 16.6. The van der Waals surface area contributed by atoms with Gasteiger partial charge < -0.3 is 4.74 Å². The number of benzene rings is 5. The highest BCUT2D eigenvalue weighted by Gasteiger charge is 2.63. The molecular formula is C40H27N3O8. The van der Waals surface area contributed by atoms with Gasteiger partial charge in [0.2, 0.25) is 0 Å². The van der Waals surface area contributed by atoms with Crippen molar-refractivity contribution in [2.24, 2.45) is 11.8 Å². The van der Waals surface area contributed by atoms with E-state index in [1.54, 1.807) is 30.3 Å². The number of hydrogen-bond acceptors (Lipinski definition) is 8. The van der Waals surface area contributed by atoms with Gasteiger partial charge in [0, 0.05) is 35.1 Å². The molecule has 0 spiro atoms. The molecule has 9 rings (SSSR count). The largest absolute Gasteiger partial charge is 0.423 e. The predicted molar refractivity (Wildman–Crippen MR) is 182 cm³/mol. The minimum Gasteiger partial charge on any atom is -0.423 e. The third kappa shape index (κ3) is 5.18. The van der Waals surface area contributed by atoms with E-state index in [2.05, 4.69) is 0 Å². The van der Waals surface area contributed by atoms with Crippen molar-refractivity contribution in [2.45, 2.75) is 11.8 Å². The fourth-order valence-electron chi connectivity index (χ4n) is 7.68. The van der Waals surface area contributed by atoms with E-state index in [-0.39, 0.29) is 22.6 Å². The zero-order chi connectivity index (χ0) is 35.4. The minimum absolute atomic E-state index is 0.0541. The van der Waals surface area contributed by atoms with Crippen molar-refractivity contribution in [3.8, 4) is 5.75 Å². The van der Waals surface area contributed by atoms with E-state index >= 15 is 0 Å². The molecule has 11 nitrogen and oxygen atoms in total. The van der Waals surface area contributed by atoms with Crippen molar-refractivity contribution in [3.05, 3.63) is 176 Å². The molecular weight excluding hydrogens is 650 g/mol. The summed E-state index contributed by atoms with van der Waals surface area (Å²) in [4.78, 5) is 80.3. The van der Waals surface area contributed by atoms with Crippen molar-refractivity contribution >= 4 is 35.2 Å². The Balaban J connectivity index is 1.13. The zero-order valence-electron chi connectivity index (χ0n) is 26.7. The van der Waals surface area contributed by atoms with Crippen LogP contribution in [0, 0.1) is 22.0 Å². The first-order valence-corrected chi connectivity index (χ1v) is 16.2. The van der Waals surface area contributed by atoms with Crippen molar-refractivity contribution < 1.29 is 33.6 Å². The molecule has 11 heteroatoms. The lowest BCUT2D eigenvalue weighted by atomic mass is 9.55. The smallest absolute Gasteiger partial charge is 0.343 e. The van der Waals surface area contributed by atoms with E-state index in [9.17, 15) is 34.1 Å². The molecule has 3 aliphatic carbocycles. The summed E-state index contributed by atoms with van der Waals surface area (Å²) in [5, 5.41) is 13.0. The van der Waals surface area contributed by atoms with Gasteiger partial charge in [0.15, 0.2) is 5.78 Å². The summed E-state index contributed by atoms with van der Waals surface area (Å²) in [6, 6.07) is 34.3. The van der Waals surface area contributed by atoms with Crippen LogP contribution in [0.1, 0.15) is 65.2 Å². The number of ether oxygens (including phenoxy) is 1. The number of non-ortho nitro benzene ring substituents is 1. The van der Waals surface area contributed by atoms with Gasteiger partial charge in [0.1, 0.15) is 12.3 Å². The van der Waals surface area contributed by atoms with Crippen LogP contribution in [-0.4, -0.2) is 51.0 Å². The average Bonchev–Trinajstić information content (AvgIpc) is 3.43. The molecule has 2 atom stereocenters. The van der Waals surface area contributed by atoms with Crippen LogP contribution in [0.2, 0.25) is 0 Å². The lowest BCUT2D eigenvalue weighted by molar-refractivity contribution is -0.384. The number of nitro benzene ring substituents is 1. The van der Waals surface area contributed by atoms with Crippen LogP contribution in [0.3, 0.4) is 0 Å². The Kier molecular flexibility index (Phi) is 7.60. The molecule has 1 aliphatic heterocycles. The molecule has 3 amide bonds. The maximum Gasteiger partial charge on any atom is 0.343 e. The van der Waals surface area contributed by atoms with Gasteiger partial charge in [-0.1, -0.05) is 66.7 Å². The third-order valence-corrected chi connectivity index (χ3v) is 9.92. The molecule has 250 valence electrons. The second-order valence-electron chi connectivity index (χ2n) is 12.6.